The van der Waals surface area contributed by atoms with Gasteiger partial charge in [0.15, 0.2) is 0 Å². The first-order chi connectivity index (χ1) is 14.3. The van der Waals surface area contributed by atoms with Crippen LogP contribution in [0.3, 0.4) is 0 Å². The average molecular weight is 421 g/mol. The molecule has 1 aliphatic rings. The van der Waals surface area contributed by atoms with Crippen LogP contribution in [0.4, 0.5) is 0 Å². The lowest BCUT2D eigenvalue weighted by molar-refractivity contribution is 0.103. The van der Waals surface area contributed by atoms with Crippen molar-refractivity contribution in [1.29, 1.82) is 0 Å². The second kappa shape index (κ2) is 11.2. The molecule has 3 aromatic rings. The van der Waals surface area contributed by atoms with Crippen LogP contribution in [0, 0.1) is 0 Å². The molecule has 0 atom stereocenters. The molecule has 0 aliphatic carbocycles. The number of likely N-dealkylation sites (tertiary alicyclic amines) is 1. The highest BCUT2D eigenvalue weighted by Gasteiger charge is 2.13. The molecule has 3 nitrogen and oxygen atoms in total. The summed E-state index contributed by atoms with van der Waals surface area (Å²) < 4.78 is 0. The van der Waals surface area contributed by atoms with E-state index in [0.717, 1.165) is 29.1 Å². The van der Waals surface area contributed by atoms with Crippen LogP contribution in [0.25, 0.3) is 10.8 Å². The number of rotatable bonds is 7. The lowest BCUT2D eigenvalue weighted by atomic mass is 9.96. The first-order valence-corrected chi connectivity index (χ1v) is 11.1. The van der Waals surface area contributed by atoms with Crippen molar-refractivity contribution in [2.75, 3.05) is 26.2 Å². The highest BCUT2D eigenvalue weighted by molar-refractivity contribution is 7.79. The van der Waals surface area contributed by atoms with Crippen molar-refractivity contribution in [3.8, 4) is 0 Å². The van der Waals surface area contributed by atoms with Gasteiger partial charge >= 0.3 is 0 Å². The first-order valence-electron chi connectivity index (χ1n) is 10.5. The van der Waals surface area contributed by atoms with Crippen LogP contribution in [-0.4, -0.2) is 36.9 Å². The predicted molar refractivity (Wildman–Crippen MR) is 132 cm³/mol. The van der Waals surface area contributed by atoms with Gasteiger partial charge in [0.05, 0.1) is 0 Å². The van der Waals surface area contributed by atoms with Crippen molar-refractivity contribution in [3.05, 3.63) is 83.4 Å². The maximum Gasteiger partial charge on any atom is 0.129 e. The van der Waals surface area contributed by atoms with Crippen LogP contribution in [0.2, 0.25) is 0 Å². The lowest BCUT2D eigenvalue weighted by Crippen LogP contribution is -2.32. The Hall–Kier alpha value is -2.30. The summed E-state index contributed by atoms with van der Waals surface area (Å²) in [5.41, 5.74) is 4.23. The van der Waals surface area contributed by atoms with E-state index in [1.54, 1.807) is 0 Å². The van der Waals surface area contributed by atoms with E-state index in [1.807, 2.05) is 0 Å². The molecule has 0 N–H and O–H groups in total. The van der Waals surface area contributed by atoms with Crippen molar-refractivity contribution in [3.63, 3.8) is 0 Å². The van der Waals surface area contributed by atoms with Crippen molar-refractivity contribution in [2.24, 2.45) is 5.16 Å². The van der Waals surface area contributed by atoms with Crippen molar-refractivity contribution < 1.29 is 4.84 Å². The summed E-state index contributed by atoms with van der Waals surface area (Å²) in [6.45, 7) is 3.90. The number of hydrogen-bond donors (Lipinski definition) is 1. The van der Waals surface area contributed by atoms with Gasteiger partial charge in [-0.15, -0.1) is 0 Å². The summed E-state index contributed by atoms with van der Waals surface area (Å²) in [5, 5.41) is 7.02. The molecule has 0 amide bonds. The zero-order valence-corrected chi connectivity index (χ0v) is 17.7. The van der Waals surface area contributed by atoms with Gasteiger partial charge in [-0.3, -0.25) is 4.90 Å². The standard InChI is InChI=1S/C25H28N2OS.CH4/c29-19-20-11-13-22(14-12-20)25(26-28-18-17-27-15-4-1-5-16-27)24-10-6-8-21-7-2-3-9-23(21)24;/h2-3,6-14,29H,1,4-5,15-19H2;1H4/b26-25-;. The fraction of sp³-hybridized carbons (Fsp3) is 0.346. The van der Waals surface area contributed by atoms with E-state index in [1.165, 1.54) is 48.7 Å². The van der Waals surface area contributed by atoms with Crippen LogP contribution in [0.5, 0.6) is 0 Å². The van der Waals surface area contributed by atoms with E-state index >= 15 is 0 Å². The Kier molecular flexibility index (Phi) is 8.35. The third-order valence-corrected chi connectivity index (χ3v) is 5.92. The number of benzene rings is 3. The lowest BCUT2D eigenvalue weighted by Gasteiger charge is -2.25. The minimum Gasteiger partial charge on any atom is -0.394 e. The first kappa shape index (κ1) is 22.4. The second-order valence-electron chi connectivity index (χ2n) is 7.56. The third-order valence-electron chi connectivity index (χ3n) is 5.56. The largest absolute Gasteiger partial charge is 0.394 e. The smallest absolute Gasteiger partial charge is 0.129 e. The number of oxime groups is 1. The Labute approximate surface area is 186 Å². The van der Waals surface area contributed by atoms with E-state index in [9.17, 15) is 0 Å². The van der Waals surface area contributed by atoms with Gasteiger partial charge in [0, 0.05) is 23.4 Å². The van der Waals surface area contributed by atoms with E-state index < -0.39 is 0 Å². The Morgan fingerprint density at radius 1 is 0.900 bits per heavy atom. The van der Waals surface area contributed by atoms with Crippen LogP contribution < -0.4 is 0 Å². The maximum absolute atomic E-state index is 5.84. The summed E-state index contributed by atoms with van der Waals surface area (Å²) in [6, 6.07) is 23.2. The molecule has 158 valence electrons. The normalized spacial score (nSPS) is 15.0. The minimum absolute atomic E-state index is 0. The Bertz CT molecular complexity index is 957. The Morgan fingerprint density at radius 3 is 2.40 bits per heavy atom. The molecular formula is C26H32N2OS. The molecule has 0 radical (unpaired) electrons. The van der Waals surface area contributed by atoms with Crippen LogP contribution in [0.1, 0.15) is 43.4 Å². The number of nitrogens with zero attached hydrogens (tertiary/aromatic N) is 2. The van der Waals surface area contributed by atoms with Gasteiger partial charge in [0.25, 0.3) is 0 Å². The SMILES string of the molecule is C.SCc1ccc(/C(=N/OCCN2CCCCC2)c2cccc3ccccc23)cc1. The molecular weight excluding hydrogens is 388 g/mol. The summed E-state index contributed by atoms with van der Waals surface area (Å²) in [6.07, 6.45) is 3.94. The van der Waals surface area contributed by atoms with Crippen molar-refractivity contribution in [1.82, 2.24) is 4.90 Å². The summed E-state index contributed by atoms with van der Waals surface area (Å²) in [5.74, 6) is 0.730. The minimum atomic E-state index is 0. The predicted octanol–water partition coefficient (Wildman–Crippen LogP) is 6.16. The molecule has 1 fully saturated rings. The zero-order chi connectivity index (χ0) is 19.9. The third kappa shape index (κ3) is 5.44. The number of hydrogen-bond acceptors (Lipinski definition) is 4. The van der Waals surface area contributed by atoms with E-state index in [-0.39, 0.29) is 7.43 Å². The van der Waals surface area contributed by atoms with Crippen LogP contribution in [0.15, 0.2) is 71.9 Å². The fourth-order valence-electron chi connectivity index (χ4n) is 3.92. The van der Waals surface area contributed by atoms with Crippen molar-refractivity contribution in [2.45, 2.75) is 32.4 Å². The highest BCUT2D eigenvalue weighted by atomic mass is 32.1. The van der Waals surface area contributed by atoms with Gasteiger partial charge in [-0.25, -0.2) is 0 Å². The molecule has 0 saturated carbocycles. The summed E-state index contributed by atoms with van der Waals surface area (Å²) in [7, 11) is 0. The van der Waals surface area contributed by atoms with Gasteiger partial charge < -0.3 is 4.84 Å². The molecule has 0 spiro atoms. The summed E-state index contributed by atoms with van der Waals surface area (Å²) in [4.78, 5) is 8.31. The van der Waals surface area contributed by atoms with Gasteiger partial charge in [-0.2, -0.15) is 12.6 Å². The highest BCUT2D eigenvalue weighted by Crippen LogP contribution is 2.23. The van der Waals surface area contributed by atoms with Crippen LogP contribution >= 0.6 is 12.6 Å². The molecule has 0 aromatic heterocycles. The maximum atomic E-state index is 5.84. The molecule has 1 saturated heterocycles. The molecule has 1 aliphatic heterocycles. The average Bonchev–Trinajstić information content (AvgIpc) is 2.80. The van der Waals surface area contributed by atoms with Gasteiger partial charge in [-0.05, 0) is 42.3 Å². The zero-order valence-electron chi connectivity index (χ0n) is 16.8. The van der Waals surface area contributed by atoms with E-state index in [2.05, 4.69) is 89.4 Å². The van der Waals surface area contributed by atoms with E-state index in [0.29, 0.717) is 6.61 Å². The van der Waals surface area contributed by atoms with Gasteiger partial charge in [-0.1, -0.05) is 85.7 Å². The molecule has 4 rings (SSSR count). The molecule has 0 unspecified atom stereocenters. The number of thiol groups is 1. The Morgan fingerprint density at radius 2 is 1.63 bits per heavy atom. The topological polar surface area (TPSA) is 24.8 Å². The van der Waals surface area contributed by atoms with E-state index in [4.69, 9.17) is 4.84 Å². The molecule has 4 heteroatoms. The fourth-order valence-corrected chi connectivity index (χ4v) is 4.13. The number of fused-ring (bicyclic) bond motifs is 1. The van der Waals surface area contributed by atoms with Crippen LogP contribution in [-0.2, 0) is 10.6 Å². The molecule has 1 heterocycles. The molecule has 3 aromatic carbocycles. The van der Waals surface area contributed by atoms with Crippen molar-refractivity contribution >= 4 is 29.1 Å². The Balaban J connectivity index is 0.00000256. The monoisotopic (exact) mass is 420 g/mol. The molecule has 0 bridgehead atoms. The van der Waals surface area contributed by atoms with Gasteiger partial charge in [0.2, 0.25) is 0 Å². The second-order valence-corrected chi connectivity index (χ2v) is 7.87. The summed E-state index contributed by atoms with van der Waals surface area (Å²) >= 11 is 4.37. The number of piperidine rings is 1. The van der Waals surface area contributed by atoms with Gasteiger partial charge in [0.1, 0.15) is 12.3 Å². The quantitative estimate of drug-likeness (QED) is 0.214. The molecule has 30 heavy (non-hydrogen) atoms.